The fraction of sp³-hybridized carbons (Fsp3) is 0.0833. The van der Waals surface area contributed by atoms with Crippen LogP contribution >= 0.6 is 0 Å². The van der Waals surface area contributed by atoms with Crippen molar-refractivity contribution in [3.8, 4) is 6.07 Å². The molecule has 6 heteroatoms. The van der Waals surface area contributed by atoms with E-state index in [1.54, 1.807) is 0 Å². The van der Waals surface area contributed by atoms with Gasteiger partial charge in [0.05, 0.1) is 18.2 Å². The lowest BCUT2D eigenvalue weighted by Crippen LogP contribution is -2.05. The van der Waals surface area contributed by atoms with Gasteiger partial charge < -0.3 is 5.11 Å². The van der Waals surface area contributed by atoms with Crippen LogP contribution in [0.3, 0.4) is 0 Å². The number of hydrogen-bond acceptors (Lipinski definition) is 3. The van der Waals surface area contributed by atoms with Crippen LogP contribution in [0.2, 0.25) is 0 Å². The molecule has 1 aromatic carbocycles. The van der Waals surface area contributed by atoms with Crippen LogP contribution in [0.15, 0.2) is 30.5 Å². The lowest BCUT2D eigenvalue weighted by atomic mass is 10.1. The topological polar surface area (TPSA) is 78.9 Å². The quantitative estimate of drug-likeness (QED) is 0.891. The third-order valence-electron chi connectivity index (χ3n) is 2.37. The highest BCUT2D eigenvalue weighted by Gasteiger charge is 2.09. The third kappa shape index (κ3) is 2.35. The summed E-state index contributed by atoms with van der Waals surface area (Å²) in [5, 5.41) is 21.2. The lowest BCUT2D eigenvalue weighted by Gasteiger charge is -2.03. The van der Waals surface area contributed by atoms with E-state index >= 15 is 0 Å². The highest BCUT2D eigenvalue weighted by Crippen LogP contribution is 2.11. The molecule has 90 valence electrons. The first kappa shape index (κ1) is 11.8. The molecule has 0 amide bonds. The molecule has 0 aliphatic rings. The number of rotatable bonds is 3. The second kappa shape index (κ2) is 4.67. The van der Waals surface area contributed by atoms with E-state index in [2.05, 4.69) is 5.10 Å². The number of carboxylic acid groups (broad SMARTS) is 1. The van der Waals surface area contributed by atoms with Crippen molar-refractivity contribution in [1.29, 1.82) is 5.26 Å². The molecular weight excluding hydrogens is 237 g/mol. The fourth-order valence-electron chi connectivity index (χ4n) is 1.50. The normalized spacial score (nSPS) is 10.0. The maximum absolute atomic E-state index is 13.5. The number of aromatic nitrogens is 2. The molecule has 0 saturated carbocycles. The van der Waals surface area contributed by atoms with Gasteiger partial charge in [0.2, 0.25) is 0 Å². The van der Waals surface area contributed by atoms with E-state index in [0.29, 0.717) is 5.56 Å². The van der Waals surface area contributed by atoms with Gasteiger partial charge in [-0.05, 0) is 24.3 Å². The molecule has 0 bridgehead atoms. The summed E-state index contributed by atoms with van der Waals surface area (Å²) in [6.45, 7) is 0.0780. The average molecular weight is 245 g/mol. The van der Waals surface area contributed by atoms with Gasteiger partial charge in [-0.2, -0.15) is 10.4 Å². The molecule has 0 spiro atoms. The van der Waals surface area contributed by atoms with Crippen LogP contribution in [0.4, 0.5) is 4.39 Å². The summed E-state index contributed by atoms with van der Waals surface area (Å²) < 4.78 is 14.8. The van der Waals surface area contributed by atoms with E-state index in [0.717, 1.165) is 0 Å². The van der Waals surface area contributed by atoms with Gasteiger partial charge in [0.25, 0.3) is 0 Å². The van der Waals surface area contributed by atoms with Crippen molar-refractivity contribution in [2.45, 2.75) is 6.54 Å². The monoisotopic (exact) mass is 245 g/mol. The summed E-state index contributed by atoms with van der Waals surface area (Å²) in [6, 6.07) is 7.24. The minimum atomic E-state index is -1.14. The van der Waals surface area contributed by atoms with Gasteiger partial charge in [-0.25, -0.2) is 9.18 Å². The van der Waals surface area contributed by atoms with Crippen molar-refractivity contribution in [2.24, 2.45) is 0 Å². The average Bonchev–Trinajstić information content (AvgIpc) is 2.81. The first-order chi connectivity index (χ1) is 8.60. The predicted octanol–water partition coefficient (Wildman–Crippen LogP) is 1.64. The zero-order valence-corrected chi connectivity index (χ0v) is 9.17. The Morgan fingerprint density at radius 3 is 2.89 bits per heavy atom. The molecule has 0 atom stereocenters. The number of benzene rings is 1. The van der Waals surface area contributed by atoms with E-state index in [-0.39, 0.29) is 17.8 Å². The Kier molecular flexibility index (Phi) is 3.06. The molecule has 0 fully saturated rings. The fourth-order valence-corrected chi connectivity index (χ4v) is 1.50. The van der Waals surface area contributed by atoms with E-state index in [4.69, 9.17) is 10.4 Å². The van der Waals surface area contributed by atoms with Crippen LogP contribution in [0.1, 0.15) is 21.6 Å². The predicted molar refractivity (Wildman–Crippen MR) is 59.4 cm³/mol. The first-order valence-electron chi connectivity index (χ1n) is 5.05. The zero-order valence-electron chi connectivity index (χ0n) is 9.17. The smallest absolute Gasteiger partial charge is 0.356 e. The van der Waals surface area contributed by atoms with Crippen molar-refractivity contribution in [1.82, 2.24) is 9.78 Å². The molecule has 0 aliphatic heterocycles. The number of halogens is 1. The van der Waals surface area contributed by atoms with Crippen molar-refractivity contribution in [3.63, 3.8) is 0 Å². The molecule has 1 heterocycles. The highest BCUT2D eigenvalue weighted by atomic mass is 19.1. The number of nitrogens with zero attached hydrogens (tertiary/aromatic N) is 3. The second-order valence-corrected chi connectivity index (χ2v) is 3.62. The molecular formula is C12H8FN3O2. The summed E-state index contributed by atoms with van der Waals surface area (Å²) in [5.41, 5.74) is 0.526. The molecule has 0 aliphatic carbocycles. The number of nitriles is 1. The maximum Gasteiger partial charge on any atom is 0.356 e. The van der Waals surface area contributed by atoms with Gasteiger partial charge in [-0.1, -0.05) is 0 Å². The Hall–Kier alpha value is -2.68. The standard InChI is InChI=1S/C12H8FN3O2/c13-10-2-1-8(6-14)5-9(10)7-16-4-3-11(15-16)12(17)18/h1-5H,7H2,(H,17,18). The summed E-state index contributed by atoms with van der Waals surface area (Å²) in [7, 11) is 0. The minimum absolute atomic E-state index is 0.0780. The van der Waals surface area contributed by atoms with Crippen LogP contribution in [0.25, 0.3) is 0 Å². The molecule has 0 unspecified atom stereocenters. The van der Waals surface area contributed by atoms with Gasteiger partial charge in [-0.3, -0.25) is 4.68 Å². The Morgan fingerprint density at radius 1 is 1.50 bits per heavy atom. The molecule has 2 rings (SSSR count). The molecule has 1 aromatic heterocycles. The van der Waals surface area contributed by atoms with E-state index in [1.807, 2.05) is 6.07 Å². The van der Waals surface area contributed by atoms with Crippen molar-refractivity contribution in [3.05, 3.63) is 53.1 Å². The van der Waals surface area contributed by atoms with Crippen LogP contribution in [-0.2, 0) is 6.54 Å². The number of aromatic carboxylic acids is 1. The Morgan fingerprint density at radius 2 is 2.28 bits per heavy atom. The maximum atomic E-state index is 13.5. The SMILES string of the molecule is N#Cc1ccc(F)c(Cn2ccc(C(=O)O)n2)c1. The molecule has 0 saturated heterocycles. The molecule has 0 radical (unpaired) electrons. The van der Waals surface area contributed by atoms with Crippen molar-refractivity contribution >= 4 is 5.97 Å². The van der Waals surface area contributed by atoms with Crippen molar-refractivity contribution in [2.75, 3.05) is 0 Å². The molecule has 5 nitrogen and oxygen atoms in total. The lowest BCUT2D eigenvalue weighted by molar-refractivity contribution is 0.0689. The number of carbonyl (C=O) groups is 1. The van der Waals surface area contributed by atoms with Gasteiger partial charge >= 0.3 is 5.97 Å². The number of carboxylic acids is 1. The minimum Gasteiger partial charge on any atom is -0.476 e. The Balaban J connectivity index is 2.28. The summed E-state index contributed by atoms with van der Waals surface area (Å²) >= 11 is 0. The summed E-state index contributed by atoms with van der Waals surface area (Å²) in [6.07, 6.45) is 1.45. The van der Waals surface area contributed by atoms with Crippen LogP contribution in [0, 0.1) is 17.1 Å². The van der Waals surface area contributed by atoms with Crippen LogP contribution in [-0.4, -0.2) is 20.9 Å². The molecule has 18 heavy (non-hydrogen) atoms. The van der Waals surface area contributed by atoms with Crippen LogP contribution < -0.4 is 0 Å². The van der Waals surface area contributed by atoms with Crippen molar-refractivity contribution < 1.29 is 14.3 Å². The second-order valence-electron chi connectivity index (χ2n) is 3.62. The Bertz CT molecular complexity index is 643. The van der Waals surface area contributed by atoms with E-state index in [1.165, 1.54) is 35.1 Å². The zero-order chi connectivity index (χ0) is 13.1. The summed E-state index contributed by atoms with van der Waals surface area (Å²) in [5.74, 6) is -1.60. The Labute approximate surface area is 102 Å². The third-order valence-corrected chi connectivity index (χ3v) is 2.37. The largest absolute Gasteiger partial charge is 0.476 e. The van der Waals surface area contributed by atoms with Gasteiger partial charge in [0, 0.05) is 11.8 Å². The number of hydrogen-bond donors (Lipinski definition) is 1. The highest BCUT2D eigenvalue weighted by molar-refractivity contribution is 5.85. The molecule has 1 N–H and O–H groups in total. The van der Waals surface area contributed by atoms with Gasteiger partial charge in [-0.15, -0.1) is 0 Å². The van der Waals surface area contributed by atoms with Gasteiger partial charge in [0.15, 0.2) is 5.69 Å². The van der Waals surface area contributed by atoms with Gasteiger partial charge in [0.1, 0.15) is 5.82 Å². The first-order valence-corrected chi connectivity index (χ1v) is 5.05. The molecule has 2 aromatic rings. The van der Waals surface area contributed by atoms with E-state index in [9.17, 15) is 9.18 Å². The van der Waals surface area contributed by atoms with Crippen LogP contribution in [0.5, 0.6) is 0 Å². The van der Waals surface area contributed by atoms with E-state index < -0.39 is 11.8 Å². The summed E-state index contributed by atoms with van der Waals surface area (Å²) in [4.78, 5) is 10.6.